The summed E-state index contributed by atoms with van der Waals surface area (Å²) in [5.41, 5.74) is 7.36. The molecule has 0 aliphatic carbocycles. The van der Waals surface area contributed by atoms with Crippen molar-refractivity contribution in [1.82, 2.24) is 15.4 Å². The molecule has 0 saturated carbocycles. The van der Waals surface area contributed by atoms with Crippen LogP contribution in [-0.2, 0) is 9.59 Å². The number of methoxy groups -OCH3 is 2. The SMILES string of the molecule is COc1ccc(OC)c(NC(=O)CN2N=CN3NC(c4ccc(C)c(C)c4)CC3C2=O)c1. The summed E-state index contributed by atoms with van der Waals surface area (Å²) in [6.07, 6.45) is 2.15. The fraction of sp³-hybridized carbons (Fsp3) is 0.348. The van der Waals surface area contributed by atoms with Crippen molar-refractivity contribution < 1.29 is 19.1 Å². The van der Waals surface area contributed by atoms with Crippen LogP contribution in [0.1, 0.15) is 29.2 Å². The van der Waals surface area contributed by atoms with E-state index in [1.807, 2.05) is 0 Å². The predicted octanol–water partition coefficient (Wildman–Crippen LogP) is 2.36. The monoisotopic (exact) mass is 437 g/mol. The number of nitrogens with zero attached hydrogens (tertiary/aromatic N) is 3. The molecule has 2 amide bonds. The number of rotatable bonds is 6. The number of nitrogens with one attached hydrogen (secondary N) is 2. The summed E-state index contributed by atoms with van der Waals surface area (Å²) in [5.74, 6) is 0.472. The van der Waals surface area contributed by atoms with Crippen molar-refractivity contribution in [2.75, 3.05) is 26.1 Å². The molecule has 4 rings (SSSR count). The van der Waals surface area contributed by atoms with Gasteiger partial charge in [-0.25, -0.2) is 10.4 Å². The highest BCUT2D eigenvalue weighted by atomic mass is 16.5. The number of hydrazine groups is 1. The molecule has 9 nitrogen and oxygen atoms in total. The Morgan fingerprint density at radius 1 is 1.16 bits per heavy atom. The Morgan fingerprint density at radius 3 is 2.69 bits per heavy atom. The molecule has 0 aromatic heterocycles. The fourth-order valence-corrected chi connectivity index (χ4v) is 3.89. The molecular weight excluding hydrogens is 410 g/mol. The number of aryl methyl sites for hydroxylation is 2. The third-order valence-electron chi connectivity index (χ3n) is 5.86. The van der Waals surface area contributed by atoms with E-state index < -0.39 is 6.04 Å². The predicted molar refractivity (Wildman–Crippen MR) is 120 cm³/mol. The van der Waals surface area contributed by atoms with Crippen LogP contribution in [-0.4, -0.2) is 55.0 Å². The van der Waals surface area contributed by atoms with Crippen molar-refractivity contribution in [3.63, 3.8) is 0 Å². The zero-order valence-electron chi connectivity index (χ0n) is 18.6. The molecule has 168 valence electrons. The Morgan fingerprint density at radius 2 is 1.97 bits per heavy atom. The standard InChI is InChI=1S/C23H27N5O4/c1-14-5-6-16(9-15(14)2)18-11-20-23(30)27(24-13-28(20)26-18)12-22(29)25-19-10-17(31-3)7-8-21(19)32-4/h5-10,13,18,20,26H,11-12H2,1-4H3,(H,25,29). The molecule has 2 aliphatic rings. The molecule has 2 unspecified atom stereocenters. The lowest BCUT2D eigenvalue weighted by Crippen LogP contribution is -2.52. The second kappa shape index (κ2) is 8.88. The first-order valence-corrected chi connectivity index (χ1v) is 10.4. The van der Waals surface area contributed by atoms with Crippen LogP contribution in [0.4, 0.5) is 5.69 Å². The number of hydrogen-bond donors (Lipinski definition) is 2. The molecule has 1 fully saturated rings. The average molecular weight is 438 g/mol. The van der Waals surface area contributed by atoms with Gasteiger partial charge in [-0.3, -0.25) is 14.6 Å². The first kappa shape index (κ1) is 21.6. The van der Waals surface area contributed by atoms with Gasteiger partial charge in [0.15, 0.2) is 0 Å². The van der Waals surface area contributed by atoms with Gasteiger partial charge >= 0.3 is 0 Å². The summed E-state index contributed by atoms with van der Waals surface area (Å²) < 4.78 is 10.5. The Labute approximate surface area is 186 Å². The Bertz CT molecular complexity index is 1070. The third-order valence-corrected chi connectivity index (χ3v) is 5.86. The molecule has 0 radical (unpaired) electrons. The van der Waals surface area contributed by atoms with Crippen LogP contribution >= 0.6 is 0 Å². The molecular formula is C23H27N5O4. The molecule has 2 aliphatic heterocycles. The lowest BCUT2D eigenvalue weighted by atomic mass is 9.98. The molecule has 0 bridgehead atoms. The van der Waals surface area contributed by atoms with Gasteiger partial charge < -0.3 is 14.8 Å². The number of fused-ring (bicyclic) bond motifs is 1. The maximum Gasteiger partial charge on any atom is 0.267 e. The lowest BCUT2D eigenvalue weighted by Gasteiger charge is -2.29. The normalized spacial score (nSPS) is 19.7. The number of anilines is 1. The second-order valence-electron chi connectivity index (χ2n) is 7.93. The minimum absolute atomic E-state index is 0.00419. The first-order valence-electron chi connectivity index (χ1n) is 10.4. The number of ether oxygens (including phenoxy) is 2. The van der Waals surface area contributed by atoms with Gasteiger partial charge in [-0.05, 0) is 49.1 Å². The van der Waals surface area contributed by atoms with E-state index in [4.69, 9.17) is 9.47 Å². The molecule has 0 spiro atoms. The summed E-state index contributed by atoms with van der Waals surface area (Å²) >= 11 is 0. The van der Waals surface area contributed by atoms with E-state index in [1.165, 1.54) is 23.2 Å². The van der Waals surface area contributed by atoms with Crippen molar-refractivity contribution in [2.24, 2.45) is 5.10 Å². The molecule has 2 atom stereocenters. The van der Waals surface area contributed by atoms with Crippen LogP contribution < -0.4 is 20.2 Å². The molecule has 2 aromatic carbocycles. The van der Waals surface area contributed by atoms with Crippen molar-refractivity contribution >= 4 is 23.8 Å². The zero-order valence-corrected chi connectivity index (χ0v) is 18.6. The summed E-state index contributed by atoms with van der Waals surface area (Å²) in [6, 6.07) is 11.0. The molecule has 2 heterocycles. The quantitative estimate of drug-likeness (QED) is 0.721. The van der Waals surface area contributed by atoms with E-state index in [-0.39, 0.29) is 24.4 Å². The van der Waals surface area contributed by atoms with Crippen LogP contribution in [0, 0.1) is 13.8 Å². The van der Waals surface area contributed by atoms with Gasteiger partial charge in [0.25, 0.3) is 5.91 Å². The summed E-state index contributed by atoms with van der Waals surface area (Å²) in [6.45, 7) is 3.95. The van der Waals surface area contributed by atoms with E-state index in [0.29, 0.717) is 23.6 Å². The maximum atomic E-state index is 13.0. The largest absolute Gasteiger partial charge is 0.497 e. The zero-order chi connectivity index (χ0) is 22.8. The molecule has 2 N–H and O–H groups in total. The van der Waals surface area contributed by atoms with Gasteiger partial charge in [-0.15, -0.1) is 0 Å². The first-order chi connectivity index (χ1) is 15.4. The fourth-order valence-electron chi connectivity index (χ4n) is 3.89. The topological polar surface area (TPSA) is 95.5 Å². The van der Waals surface area contributed by atoms with Crippen LogP contribution in [0.3, 0.4) is 0 Å². The number of benzene rings is 2. The Kier molecular flexibility index (Phi) is 6.00. The average Bonchev–Trinajstić information content (AvgIpc) is 3.22. The lowest BCUT2D eigenvalue weighted by molar-refractivity contribution is -0.139. The summed E-state index contributed by atoms with van der Waals surface area (Å²) in [4.78, 5) is 25.7. The summed E-state index contributed by atoms with van der Waals surface area (Å²) in [5, 5.41) is 9.87. The van der Waals surface area contributed by atoms with E-state index in [0.717, 1.165) is 5.56 Å². The van der Waals surface area contributed by atoms with Crippen LogP contribution in [0.25, 0.3) is 0 Å². The van der Waals surface area contributed by atoms with Gasteiger partial charge in [0.2, 0.25) is 5.91 Å². The second-order valence-corrected chi connectivity index (χ2v) is 7.93. The number of carbonyl (C=O) groups is 2. The minimum Gasteiger partial charge on any atom is -0.497 e. The van der Waals surface area contributed by atoms with Gasteiger partial charge in [-0.1, -0.05) is 18.2 Å². The van der Waals surface area contributed by atoms with Crippen molar-refractivity contribution in [3.8, 4) is 11.5 Å². The van der Waals surface area contributed by atoms with Crippen molar-refractivity contribution in [3.05, 3.63) is 53.1 Å². The highest BCUT2D eigenvalue weighted by molar-refractivity contribution is 5.97. The van der Waals surface area contributed by atoms with E-state index >= 15 is 0 Å². The maximum absolute atomic E-state index is 13.0. The highest BCUT2D eigenvalue weighted by Gasteiger charge is 2.41. The number of amides is 2. The smallest absolute Gasteiger partial charge is 0.267 e. The van der Waals surface area contributed by atoms with Crippen LogP contribution in [0.2, 0.25) is 0 Å². The van der Waals surface area contributed by atoms with Crippen molar-refractivity contribution in [1.29, 1.82) is 0 Å². The molecule has 9 heteroatoms. The molecule has 1 saturated heterocycles. The van der Waals surface area contributed by atoms with Crippen LogP contribution in [0.15, 0.2) is 41.5 Å². The molecule has 32 heavy (non-hydrogen) atoms. The van der Waals surface area contributed by atoms with Gasteiger partial charge in [0.05, 0.1) is 25.9 Å². The third kappa shape index (κ3) is 4.24. The Hall–Kier alpha value is -3.59. The molecule has 2 aromatic rings. The number of hydrazone groups is 1. The number of hydrogen-bond acceptors (Lipinski definition) is 7. The van der Waals surface area contributed by atoms with E-state index in [1.54, 1.807) is 36.7 Å². The van der Waals surface area contributed by atoms with E-state index in [9.17, 15) is 9.59 Å². The Balaban J connectivity index is 1.42. The number of carbonyl (C=O) groups excluding carboxylic acids is 2. The van der Waals surface area contributed by atoms with Gasteiger partial charge in [-0.2, -0.15) is 5.10 Å². The van der Waals surface area contributed by atoms with Gasteiger partial charge in [0.1, 0.15) is 30.4 Å². The van der Waals surface area contributed by atoms with E-state index in [2.05, 4.69) is 47.9 Å². The van der Waals surface area contributed by atoms with Crippen molar-refractivity contribution in [2.45, 2.75) is 32.4 Å². The van der Waals surface area contributed by atoms with Crippen LogP contribution in [0.5, 0.6) is 11.5 Å². The minimum atomic E-state index is -0.418. The van der Waals surface area contributed by atoms with Gasteiger partial charge in [0, 0.05) is 6.07 Å². The highest BCUT2D eigenvalue weighted by Crippen LogP contribution is 2.31. The summed E-state index contributed by atoms with van der Waals surface area (Å²) in [7, 11) is 3.06.